The molecule has 0 saturated carbocycles. The van der Waals surface area contributed by atoms with Crippen molar-refractivity contribution in [3.05, 3.63) is 26.7 Å². The fraction of sp³-hybridized carbons (Fsp3) is 0.889. The maximum atomic E-state index is 13.9. The molecule has 3 aliphatic rings. The summed E-state index contributed by atoms with van der Waals surface area (Å²) in [6.07, 6.45) is 12.7. The van der Waals surface area contributed by atoms with Gasteiger partial charge in [0.15, 0.2) is 0 Å². The van der Waals surface area contributed by atoms with Crippen LogP contribution in [0.2, 0.25) is 0 Å². The Morgan fingerprint density at radius 3 is 1.23 bits per heavy atom. The van der Waals surface area contributed by atoms with E-state index in [1.54, 1.807) is 0 Å². The van der Waals surface area contributed by atoms with Gasteiger partial charge in [0.25, 0.3) is 0 Å². The molecule has 0 radical (unpaired) electrons. The zero-order chi connectivity index (χ0) is 54.0. The fourth-order valence-corrected chi connectivity index (χ4v) is 8.58. The van der Waals surface area contributed by atoms with E-state index in [2.05, 4.69) is 77.2 Å². The first-order valence-corrected chi connectivity index (χ1v) is 29.1. The van der Waals surface area contributed by atoms with Gasteiger partial charge in [0, 0.05) is 116 Å². The molecule has 0 bridgehead atoms. The SMILES string of the molecule is CCCCOCC(CN1CC1C)OC(=O)NCCCCCC/N=c1\oc(=O)n(CCCCCCNC(=O)OC(COCCCC)CN2CC2C)c(=O)n1CCCCCCNC(=O)OC(COCCCC)CN1CC1C. The molecule has 4 rings (SSSR count). The largest absolute Gasteiger partial charge is 0.442 e. The van der Waals surface area contributed by atoms with Gasteiger partial charge in [-0.1, -0.05) is 78.6 Å². The van der Waals surface area contributed by atoms with Crippen molar-refractivity contribution < 1.29 is 47.2 Å². The number of hydrogen-bond donors (Lipinski definition) is 3. The van der Waals surface area contributed by atoms with Crippen molar-refractivity contribution in [1.29, 1.82) is 0 Å². The van der Waals surface area contributed by atoms with Gasteiger partial charge in [-0.2, -0.15) is 0 Å². The summed E-state index contributed by atoms with van der Waals surface area (Å²) in [5.41, 5.74) is -0.437. The molecule has 9 unspecified atom stereocenters. The van der Waals surface area contributed by atoms with Crippen LogP contribution in [0.3, 0.4) is 0 Å². The average molecular weight is 1070 g/mol. The van der Waals surface area contributed by atoms with E-state index in [1.807, 2.05) is 0 Å². The van der Waals surface area contributed by atoms with Crippen molar-refractivity contribution in [2.45, 2.75) is 207 Å². The smallest absolute Gasteiger partial charge is 0.425 e. The second kappa shape index (κ2) is 37.7. The van der Waals surface area contributed by atoms with Crippen LogP contribution in [0.25, 0.3) is 0 Å². The van der Waals surface area contributed by atoms with Gasteiger partial charge in [0.2, 0.25) is 0 Å². The van der Waals surface area contributed by atoms with E-state index in [4.69, 9.17) is 32.8 Å². The Morgan fingerprint density at radius 1 is 0.520 bits per heavy atom. The quantitative estimate of drug-likeness (QED) is 0.0386. The number of aromatic nitrogens is 2. The number of carbonyl (C=O) groups is 3. The number of carbonyl (C=O) groups excluding carboxylic acids is 3. The van der Waals surface area contributed by atoms with Crippen LogP contribution >= 0.6 is 0 Å². The number of nitrogens with zero attached hydrogens (tertiary/aromatic N) is 6. The normalized spacial score (nSPS) is 21.0. The van der Waals surface area contributed by atoms with E-state index in [0.29, 0.717) is 129 Å². The van der Waals surface area contributed by atoms with Crippen molar-refractivity contribution in [2.24, 2.45) is 4.99 Å². The van der Waals surface area contributed by atoms with E-state index in [-0.39, 0.29) is 30.5 Å². The minimum atomic E-state index is -0.738. The van der Waals surface area contributed by atoms with Gasteiger partial charge in [-0.3, -0.25) is 14.7 Å². The molecule has 21 nitrogen and oxygen atoms in total. The molecule has 9 atom stereocenters. The van der Waals surface area contributed by atoms with Gasteiger partial charge < -0.3 is 48.8 Å². The van der Waals surface area contributed by atoms with Crippen molar-refractivity contribution in [1.82, 2.24) is 39.8 Å². The monoisotopic (exact) mass is 1070 g/mol. The summed E-state index contributed by atoms with van der Waals surface area (Å²) in [7, 11) is 0. The van der Waals surface area contributed by atoms with E-state index in [9.17, 15) is 24.0 Å². The third-order valence-corrected chi connectivity index (χ3v) is 13.8. The summed E-state index contributed by atoms with van der Waals surface area (Å²) in [6.45, 7) is 23.2. The first-order chi connectivity index (χ1) is 36.4. The standard InChI is InChI=1S/C54H99N9O12/c1-7-10-31-69-40-46(37-59-34-43(59)4)72-50(64)56-26-20-14-13-19-25-55-49-62(29-23-17-15-21-27-57-51(65)73-47(38-60-35-44(60)5)41-70-32-11-8-2)53(67)63(54(68)75-49)30-24-18-16-22-28-58-52(66)74-48(39-61-36-45(61)6)42-71-33-12-9-3/h43-48H,7-42H2,1-6H3,(H,56,64)(H,57,65)(H,58,66)/b55-49-. The third kappa shape index (κ3) is 28.3. The van der Waals surface area contributed by atoms with E-state index in [0.717, 1.165) is 121 Å². The second-order valence-corrected chi connectivity index (χ2v) is 20.9. The van der Waals surface area contributed by atoms with Crippen LogP contribution in [0.5, 0.6) is 0 Å². The van der Waals surface area contributed by atoms with Gasteiger partial charge in [-0.15, -0.1) is 0 Å². The summed E-state index contributed by atoms with van der Waals surface area (Å²) in [6, 6.07) is 1.51. The van der Waals surface area contributed by atoms with Gasteiger partial charge >= 0.3 is 35.4 Å². The summed E-state index contributed by atoms with van der Waals surface area (Å²) in [5, 5.41) is 8.62. The number of nitrogens with one attached hydrogen (secondary N) is 3. The number of unbranched alkanes of at least 4 members (excludes halogenated alkanes) is 12. The van der Waals surface area contributed by atoms with Gasteiger partial charge in [0.1, 0.15) is 18.3 Å². The number of alkyl carbamates (subject to hydrolysis) is 3. The summed E-state index contributed by atoms with van der Waals surface area (Å²) in [4.78, 5) is 76.4. The molecule has 3 N–H and O–H groups in total. The van der Waals surface area contributed by atoms with Crippen molar-refractivity contribution in [3.63, 3.8) is 0 Å². The number of ether oxygens (including phenoxy) is 6. The molecular formula is C54H99N9O12. The molecule has 3 saturated heterocycles. The summed E-state index contributed by atoms with van der Waals surface area (Å²) in [5.74, 6) is -0.738. The van der Waals surface area contributed by atoms with Crippen molar-refractivity contribution in [2.75, 3.05) is 105 Å². The summed E-state index contributed by atoms with van der Waals surface area (Å²) >= 11 is 0. The first kappa shape index (κ1) is 63.5. The maximum absolute atomic E-state index is 13.9. The minimum absolute atomic E-state index is 0.0157. The zero-order valence-electron chi connectivity index (χ0n) is 47.0. The highest BCUT2D eigenvalue weighted by molar-refractivity contribution is 5.68. The lowest BCUT2D eigenvalue weighted by Gasteiger charge is -2.19. The van der Waals surface area contributed by atoms with Crippen LogP contribution < -0.4 is 33.1 Å². The van der Waals surface area contributed by atoms with Crippen LogP contribution in [0.1, 0.15) is 157 Å². The summed E-state index contributed by atoms with van der Waals surface area (Å²) < 4.78 is 42.8. The van der Waals surface area contributed by atoms with E-state index in [1.165, 1.54) is 4.57 Å². The van der Waals surface area contributed by atoms with Crippen LogP contribution in [0.15, 0.2) is 19.0 Å². The van der Waals surface area contributed by atoms with E-state index < -0.39 is 29.7 Å². The number of rotatable bonds is 45. The average Bonchev–Trinajstić information content (AvgIpc) is 4.35. The van der Waals surface area contributed by atoms with Crippen LogP contribution in [-0.2, 0) is 41.5 Å². The molecule has 0 spiro atoms. The molecule has 3 aliphatic heterocycles. The molecule has 432 valence electrons. The van der Waals surface area contributed by atoms with Crippen LogP contribution in [-0.4, -0.2) is 184 Å². The Bertz CT molecular complexity index is 1930. The Hall–Kier alpha value is -4.02. The van der Waals surface area contributed by atoms with Gasteiger partial charge in [0.05, 0.1) is 19.8 Å². The molecule has 3 amide bonds. The molecule has 1 aromatic heterocycles. The highest BCUT2D eigenvalue weighted by Gasteiger charge is 2.34. The lowest BCUT2D eigenvalue weighted by atomic mass is 10.2. The Labute approximate surface area is 447 Å². The zero-order valence-corrected chi connectivity index (χ0v) is 47.0. The Morgan fingerprint density at radius 2 is 0.867 bits per heavy atom. The molecule has 1 aromatic rings. The molecule has 3 fully saturated rings. The maximum Gasteiger partial charge on any atom is 0.425 e. The molecule has 0 aromatic carbocycles. The Balaban J connectivity index is 1.22. The van der Waals surface area contributed by atoms with Gasteiger partial charge in [-0.05, 0) is 78.6 Å². The lowest BCUT2D eigenvalue weighted by Crippen LogP contribution is -2.47. The van der Waals surface area contributed by atoms with Crippen molar-refractivity contribution >= 4 is 18.3 Å². The fourth-order valence-electron chi connectivity index (χ4n) is 8.58. The van der Waals surface area contributed by atoms with Crippen LogP contribution in [0, 0.1) is 0 Å². The molecule has 21 heteroatoms. The number of hydrogen-bond acceptors (Lipinski definition) is 16. The molecule has 0 aliphatic carbocycles. The second-order valence-electron chi connectivity index (χ2n) is 20.9. The third-order valence-electron chi connectivity index (χ3n) is 13.8. The minimum Gasteiger partial charge on any atom is -0.442 e. The highest BCUT2D eigenvalue weighted by Crippen LogP contribution is 2.19. The molecule has 75 heavy (non-hydrogen) atoms. The predicted octanol–water partition coefficient (Wildman–Crippen LogP) is 6.03. The number of amides is 3. The van der Waals surface area contributed by atoms with Crippen molar-refractivity contribution in [3.8, 4) is 0 Å². The van der Waals surface area contributed by atoms with Crippen LogP contribution in [0.4, 0.5) is 14.4 Å². The molecule has 4 heterocycles. The van der Waals surface area contributed by atoms with Gasteiger partial charge in [-0.25, -0.2) is 38.1 Å². The first-order valence-electron chi connectivity index (χ1n) is 29.1. The Kier molecular flexibility index (Phi) is 31.9. The van der Waals surface area contributed by atoms with E-state index >= 15 is 0 Å². The predicted molar refractivity (Wildman–Crippen MR) is 288 cm³/mol. The molecular weight excluding hydrogens is 967 g/mol. The topological polar surface area (TPSA) is 221 Å². The highest BCUT2D eigenvalue weighted by atomic mass is 16.6. The lowest BCUT2D eigenvalue weighted by molar-refractivity contribution is 0.0124.